The zero-order valence-corrected chi connectivity index (χ0v) is 10.4. The SMILES string of the molecule is O[C@]1(c2ccccc2)CCC[C@@H]1Cn1ccnc1. The first-order chi connectivity index (χ1) is 8.79. The molecule has 2 aromatic rings. The summed E-state index contributed by atoms with van der Waals surface area (Å²) in [4.78, 5) is 4.07. The number of aromatic nitrogens is 2. The molecule has 3 nitrogen and oxygen atoms in total. The van der Waals surface area contributed by atoms with Crippen molar-refractivity contribution in [1.82, 2.24) is 9.55 Å². The zero-order valence-electron chi connectivity index (χ0n) is 10.4. The minimum atomic E-state index is -0.675. The number of imidazole rings is 1. The Kier molecular flexibility index (Phi) is 2.92. The van der Waals surface area contributed by atoms with Crippen LogP contribution in [0.3, 0.4) is 0 Å². The molecule has 2 atom stereocenters. The average Bonchev–Trinajstić information content (AvgIpc) is 3.03. The summed E-state index contributed by atoms with van der Waals surface area (Å²) < 4.78 is 2.06. The van der Waals surface area contributed by atoms with Crippen molar-refractivity contribution >= 4 is 0 Å². The Bertz CT molecular complexity index is 494. The van der Waals surface area contributed by atoms with Crippen LogP contribution in [0.15, 0.2) is 49.1 Å². The average molecular weight is 242 g/mol. The van der Waals surface area contributed by atoms with Gasteiger partial charge in [0.15, 0.2) is 0 Å². The van der Waals surface area contributed by atoms with E-state index in [0.717, 1.165) is 31.4 Å². The standard InChI is InChI=1S/C15H18N2O/c18-15(13-5-2-1-3-6-13)8-4-7-14(15)11-17-10-9-16-12-17/h1-3,5-6,9-10,12,14,18H,4,7-8,11H2/t14-,15+/m1/s1. The minimum absolute atomic E-state index is 0.272. The van der Waals surface area contributed by atoms with Gasteiger partial charge in [-0.15, -0.1) is 0 Å². The molecule has 1 saturated carbocycles. The summed E-state index contributed by atoms with van der Waals surface area (Å²) in [6.07, 6.45) is 8.59. The van der Waals surface area contributed by atoms with E-state index in [-0.39, 0.29) is 5.92 Å². The molecule has 0 spiro atoms. The summed E-state index contributed by atoms with van der Waals surface area (Å²) >= 11 is 0. The lowest BCUT2D eigenvalue weighted by molar-refractivity contribution is -0.00892. The van der Waals surface area contributed by atoms with E-state index in [0.29, 0.717) is 0 Å². The van der Waals surface area contributed by atoms with E-state index in [2.05, 4.69) is 9.55 Å². The van der Waals surface area contributed by atoms with Gasteiger partial charge in [0.25, 0.3) is 0 Å². The Morgan fingerprint density at radius 3 is 2.89 bits per heavy atom. The molecule has 0 aliphatic heterocycles. The summed E-state index contributed by atoms with van der Waals surface area (Å²) in [5, 5.41) is 11.0. The maximum atomic E-state index is 11.0. The van der Waals surface area contributed by atoms with Gasteiger partial charge < -0.3 is 9.67 Å². The second-order valence-electron chi connectivity index (χ2n) is 5.14. The Labute approximate surface area is 107 Å². The van der Waals surface area contributed by atoms with E-state index in [1.165, 1.54) is 0 Å². The monoisotopic (exact) mass is 242 g/mol. The van der Waals surface area contributed by atoms with Gasteiger partial charge in [-0.3, -0.25) is 0 Å². The van der Waals surface area contributed by atoms with Crippen LogP contribution >= 0.6 is 0 Å². The molecule has 1 aromatic heterocycles. The highest BCUT2D eigenvalue weighted by Gasteiger charge is 2.42. The van der Waals surface area contributed by atoms with Crippen LogP contribution in [0.5, 0.6) is 0 Å². The fraction of sp³-hybridized carbons (Fsp3) is 0.400. The summed E-state index contributed by atoms with van der Waals surface area (Å²) in [6.45, 7) is 0.839. The van der Waals surface area contributed by atoms with Gasteiger partial charge in [-0.25, -0.2) is 4.98 Å². The number of nitrogens with zero attached hydrogens (tertiary/aromatic N) is 2. The van der Waals surface area contributed by atoms with Crippen molar-refractivity contribution in [1.29, 1.82) is 0 Å². The van der Waals surface area contributed by atoms with E-state index in [1.54, 1.807) is 6.20 Å². The first-order valence-electron chi connectivity index (χ1n) is 6.53. The molecule has 94 valence electrons. The van der Waals surface area contributed by atoms with Gasteiger partial charge in [0.05, 0.1) is 11.9 Å². The van der Waals surface area contributed by atoms with Crippen molar-refractivity contribution in [2.24, 2.45) is 5.92 Å². The van der Waals surface area contributed by atoms with Crippen molar-refractivity contribution in [3.8, 4) is 0 Å². The first kappa shape index (κ1) is 11.5. The van der Waals surface area contributed by atoms with Crippen LogP contribution in [0.1, 0.15) is 24.8 Å². The second-order valence-corrected chi connectivity index (χ2v) is 5.14. The summed E-state index contributed by atoms with van der Waals surface area (Å²) in [7, 11) is 0. The van der Waals surface area contributed by atoms with Gasteiger partial charge in [-0.1, -0.05) is 30.3 Å². The van der Waals surface area contributed by atoms with Crippen molar-refractivity contribution < 1.29 is 5.11 Å². The number of hydrogen-bond donors (Lipinski definition) is 1. The van der Waals surface area contributed by atoms with Crippen LogP contribution < -0.4 is 0 Å². The molecule has 0 unspecified atom stereocenters. The summed E-state index contributed by atoms with van der Waals surface area (Å²) in [6, 6.07) is 10.1. The predicted octanol–water partition coefficient (Wildman–Crippen LogP) is 2.57. The molecular formula is C15H18N2O. The van der Waals surface area contributed by atoms with Crippen molar-refractivity contribution in [3.05, 3.63) is 54.6 Å². The number of aliphatic hydroxyl groups is 1. The molecule has 1 aromatic carbocycles. The largest absolute Gasteiger partial charge is 0.385 e. The van der Waals surface area contributed by atoms with Crippen LogP contribution in [0.4, 0.5) is 0 Å². The second kappa shape index (κ2) is 4.58. The van der Waals surface area contributed by atoms with Gasteiger partial charge in [0.1, 0.15) is 0 Å². The Morgan fingerprint density at radius 2 is 2.17 bits per heavy atom. The highest BCUT2D eigenvalue weighted by molar-refractivity contribution is 5.24. The molecule has 0 bridgehead atoms. The van der Waals surface area contributed by atoms with E-state index in [1.807, 2.05) is 42.9 Å². The molecule has 1 fully saturated rings. The van der Waals surface area contributed by atoms with Crippen LogP contribution in [-0.2, 0) is 12.1 Å². The number of hydrogen-bond acceptors (Lipinski definition) is 2. The van der Waals surface area contributed by atoms with Crippen LogP contribution in [-0.4, -0.2) is 14.7 Å². The Morgan fingerprint density at radius 1 is 1.33 bits per heavy atom. The maximum absolute atomic E-state index is 11.0. The summed E-state index contributed by atoms with van der Waals surface area (Å²) in [5.41, 5.74) is 0.374. The fourth-order valence-electron chi connectivity index (χ4n) is 3.06. The molecule has 0 amide bonds. The van der Waals surface area contributed by atoms with Gasteiger partial charge in [-0.2, -0.15) is 0 Å². The van der Waals surface area contributed by atoms with Crippen LogP contribution in [0.2, 0.25) is 0 Å². The maximum Gasteiger partial charge on any atom is 0.0946 e. The third kappa shape index (κ3) is 1.95. The topological polar surface area (TPSA) is 38.0 Å². The number of rotatable bonds is 3. The molecule has 1 aliphatic carbocycles. The van der Waals surface area contributed by atoms with E-state index >= 15 is 0 Å². The van der Waals surface area contributed by atoms with E-state index < -0.39 is 5.60 Å². The molecule has 0 radical (unpaired) electrons. The van der Waals surface area contributed by atoms with E-state index in [9.17, 15) is 5.11 Å². The molecule has 1 heterocycles. The first-order valence-corrected chi connectivity index (χ1v) is 6.53. The predicted molar refractivity (Wildman–Crippen MR) is 69.9 cm³/mol. The Balaban J connectivity index is 1.86. The molecule has 1 N–H and O–H groups in total. The molecule has 1 aliphatic rings. The lowest BCUT2D eigenvalue weighted by Gasteiger charge is -2.31. The van der Waals surface area contributed by atoms with Gasteiger partial charge in [0.2, 0.25) is 0 Å². The molecule has 18 heavy (non-hydrogen) atoms. The van der Waals surface area contributed by atoms with E-state index in [4.69, 9.17) is 0 Å². The number of benzene rings is 1. The van der Waals surface area contributed by atoms with Crippen molar-refractivity contribution in [2.45, 2.75) is 31.4 Å². The summed E-state index contributed by atoms with van der Waals surface area (Å²) in [5.74, 6) is 0.272. The molecule has 3 heteroatoms. The van der Waals surface area contributed by atoms with Gasteiger partial charge in [-0.05, 0) is 24.8 Å². The van der Waals surface area contributed by atoms with Gasteiger partial charge >= 0.3 is 0 Å². The van der Waals surface area contributed by atoms with Crippen molar-refractivity contribution in [2.75, 3.05) is 0 Å². The van der Waals surface area contributed by atoms with Crippen LogP contribution in [0, 0.1) is 5.92 Å². The highest BCUT2D eigenvalue weighted by atomic mass is 16.3. The fourth-order valence-corrected chi connectivity index (χ4v) is 3.06. The third-order valence-corrected chi connectivity index (χ3v) is 4.05. The lowest BCUT2D eigenvalue weighted by Crippen LogP contribution is -2.32. The molecule has 0 saturated heterocycles. The highest BCUT2D eigenvalue weighted by Crippen LogP contribution is 2.44. The quantitative estimate of drug-likeness (QED) is 0.898. The molecular weight excluding hydrogens is 224 g/mol. The van der Waals surface area contributed by atoms with Gasteiger partial charge in [0, 0.05) is 24.9 Å². The van der Waals surface area contributed by atoms with Crippen LogP contribution in [0.25, 0.3) is 0 Å². The smallest absolute Gasteiger partial charge is 0.0946 e. The Hall–Kier alpha value is -1.61. The van der Waals surface area contributed by atoms with Crippen molar-refractivity contribution in [3.63, 3.8) is 0 Å². The zero-order chi connectivity index (χ0) is 12.4. The third-order valence-electron chi connectivity index (χ3n) is 4.05. The normalized spacial score (nSPS) is 27.5. The lowest BCUT2D eigenvalue weighted by atomic mass is 9.84. The minimum Gasteiger partial charge on any atom is -0.385 e. The molecule has 3 rings (SSSR count).